The van der Waals surface area contributed by atoms with Crippen LogP contribution >= 0.6 is 0 Å². The minimum Gasteiger partial charge on any atom is -0.397 e. The standard InChI is InChI=1S/C15H18N4/c16-13-6-5-12(9-14(13)17)19-8-2-4-15(19)11-3-1-7-18-10-11/h1,3,5-7,9-10,15H,2,4,8,16-17H2. The number of nitrogens with two attached hydrogens (primary N) is 2. The Morgan fingerprint density at radius 3 is 2.79 bits per heavy atom. The molecule has 3 rings (SSSR count). The van der Waals surface area contributed by atoms with Gasteiger partial charge in [0.1, 0.15) is 0 Å². The molecule has 1 aromatic heterocycles. The zero-order chi connectivity index (χ0) is 13.2. The van der Waals surface area contributed by atoms with Crippen LogP contribution in [0.2, 0.25) is 0 Å². The highest BCUT2D eigenvalue weighted by molar-refractivity contribution is 5.70. The lowest BCUT2D eigenvalue weighted by molar-refractivity contribution is 0.715. The number of nitrogens with zero attached hydrogens (tertiary/aromatic N) is 2. The topological polar surface area (TPSA) is 68.2 Å². The minimum atomic E-state index is 0.386. The molecule has 1 unspecified atom stereocenters. The third kappa shape index (κ3) is 2.21. The van der Waals surface area contributed by atoms with Gasteiger partial charge in [0.05, 0.1) is 17.4 Å². The van der Waals surface area contributed by atoms with Gasteiger partial charge in [-0.15, -0.1) is 0 Å². The number of anilines is 3. The monoisotopic (exact) mass is 254 g/mol. The molecule has 4 heteroatoms. The van der Waals surface area contributed by atoms with Crippen molar-refractivity contribution in [3.8, 4) is 0 Å². The third-order valence-electron chi connectivity index (χ3n) is 3.72. The van der Waals surface area contributed by atoms with Gasteiger partial charge in [-0.2, -0.15) is 0 Å². The van der Waals surface area contributed by atoms with E-state index >= 15 is 0 Å². The molecule has 4 nitrogen and oxygen atoms in total. The average molecular weight is 254 g/mol. The van der Waals surface area contributed by atoms with Crippen LogP contribution in [-0.4, -0.2) is 11.5 Å². The first-order valence-corrected chi connectivity index (χ1v) is 6.57. The van der Waals surface area contributed by atoms with Gasteiger partial charge < -0.3 is 16.4 Å². The van der Waals surface area contributed by atoms with E-state index in [9.17, 15) is 0 Å². The Morgan fingerprint density at radius 1 is 1.16 bits per heavy atom. The first-order chi connectivity index (χ1) is 9.25. The number of pyridine rings is 1. The van der Waals surface area contributed by atoms with Gasteiger partial charge in [-0.05, 0) is 42.7 Å². The van der Waals surface area contributed by atoms with Crippen LogP contribution in [0.3, 0.4) is 0 Å². The highest BCUT2D eigenvalue weighted by atomic mass is 15.2. The second-order valence-electron chi connectivity index (χ2n) is 4.95. The van der Waals surface area contributed by atoms with Crippen molar-refractivity contribution in [3.05, 3.63) is 48.3 Å². The van der Waals surface area contributed by atoms with Crippen LogP contribution in [0.25, 0.3) is 0 Å². The van der Waals surface area contributed by atoms with E-state index in [0.717, 1.165) is 18.7 Å². The molecule has 1 atom stereocenters. The van der Waals surface area contributed by atoms with Crippen LogP contribution in [0.1, 0.15) is 24.4 Å². The number of hydrogen-bond acceptors (Lipinski definition) is 4. The average Bonchev–Trinajstić information content (AvgIpc) is 2.92. The molecule has 0 bridgehead atoms. The lowest BCUT2D eigenvalue weighted by Crippen LogP contribution is -2.22. The molecule has 1 saturated heterocycles. The first-order valence-electron chi connectivity index (χ1n) is 6.57. The van der Waals surface area contributed by atoms with Gasteiger partial charge in [0, 0.05) is 24.6 Å². The van der Waals surface area contributed by atoms with Crippen LogP contribution in [0.5, 0.6) is 0 Å². The Bertz CT molecular complexity index is 568. The van der Waals surface area contributed by atoms with Crippen LogP contribution in [0, 0.1) is 0 Å². The van der Waals surface area contributed by atoms with E-state index in [4.69, 9.17) is 11.5 Å². The molecule has 98 valence electrons. The molecular weight excluding hydrogens is 236 g/mol. The van der Waals surface area contributed by atoms with Gasteiger partial charge >= 0.3 is 0 Å². The fraction of sp³-hybridized carbons (Fsp3) is 0.267. The number of hydrogen-bond donors (Lipinski definition) is 2. The largest absolute Gasteiger partial charge is 0.397 e. The van der Waals surface area contributed by atoms with Crippen molar-refractivity contribution in [1.29, 1.82) is 0 Å². The molecule has 4 N–H and O–H groups in total. The molecule has 1 aliphatic rings. The molecule has 1 aliphatic heterocycles. The molecule has 0 saturated carbocycles. The number of aromatic nitrogens is 1. The van der Waals surface area contributed by atoms with Gasteiger partial charge in [-0.1, -0.05) is 6.07 Å². The molecule has 1 aromatic carbocycles. The molecule has 0 amide bonds. The minimum absolute atomic E-state index is 0.386. The van der Waals surface area contributed by atoms with Gasteiger partial charge in [0.25, 0.3) is 0 Å². The summed E-state index contributed by atoms with van der Waals surface area (Å²) in [5.41, 5.74) is 15.4. The van der Waals surface area contributed by atoms with E-state index in [1.165, 1.54) is 12.0 Å². The molecule has 0 aliphatic carbocycles. The number of benzene rings is 1. The van der Waals surface area contributed by atoms with Crippen molar-refractivity contribution < 1.29 is 0 Å². The summed E-state index contributed by atoms with van der Waals surface area (Å²) in [6.07, 6.45) is 6.09. The molecule has 2 heterocycles. The fourth-order valence-corrected chi connectivity index (χ4v) is 2.74. The van der Waals surface area contributed by atoms with Gasteiger partial charge in [-0.25, -0.2) is 0 Å². The summed E-state index contributed by atoms with van der Waals surface area (Å²) in [6.45, 7) is 1.04. The van der Waals surface area contributed by atoms with Crippen molar-refractivity contribution >= 4 is 17.1 Å². The maximum Gasteiger partial charge on any atom is 0.0568 e. The van der Waals surface area contributed by atoms with Crippen molar-refractivity contribution in [3.63, 3.8) is 0 Å². The summed E-state index contributed by atoms with van der Waals surface area (Å²) in [4.78, 5) is 6.60. The summed E-state index contributed by atoms with van der Waals surface area (Å²) >= 11 is 0. The lowest BCUT2D eigenvalue weighted by Gasteiger charge is -2.27. The number of rotatable bonds is 2. The molecule has 0 spiro atoms. The van der Waals surface area contributed by atoms with Crippen LogP contribution in [0.4, 0.5) is 17.1 Å². The Labute approximate surface area is 113 Å². The summed E-state index contributed by atoms with van der Waals surface area (Å²) in [5.74, 6) is 0. The zero-order valence-electron chi connectivity index (χ0n) is 10.8. The quantitative estimate of drug-likeness (QED) is 0.808. The van der Waals surface area contributed by atoms with Crippen molar-refractivity contribution in [2.75, 3.05) is 22.9 Å². The van der Waals surface area contributed by atoms with Gasteiger partial charge in [-0.3, -0.25) is 4.98 Å². The van der Waals surface area contributed by atoms with E-state index in [1.807, 2.05) is 36.7 Å². The van der Waals surface area contributed by atoms with Gasteiger partial charge in [0.15, 0.2) is 0 Å². The molecule has 19 heavy (non-hydrogen) atoms. The van der Waals surface area contributed by atoms with Gasteiger partial charge in [0.2, 0.25) is 0 Å². The van der Waals surface area contributed by atoms with Crippen molar-refractivity contribution in [1.82, 2.24) is 4.98 Å². The third-order valence-corrected chi connectivity index (χ3v) is 3.72. The first kappa shape index (κ1) is 11.8. The molecular formula is C15H18N4. The van der Waals surface area contributed by atoms with E-state index < -0.39 is 0 Å². The van der Waals surface area contributed by atoms with E-state index in [-0.39, 0.29) is 0 Å². The maximum atomic E-state index is 5.91. The summed E-state index contributed by atoms with van der Waals surface area (Å²) in [5, 5.41) is 0. The SMILES string of the molecule is Nc1ccc(N2CCCC2c2cccnc2)cc1N. The van der Waals surface area contributed by atoms with Crippen LogP contribution < -0.4 is 16.4 Å². The summed E-state index contributed by atoms with van der Waals surface area (Å²) < 4.78 is 0. The predicted molar refractivity (Wildman–Crippen MR) is 78.8 cm³/mol. The van der Waals surface area contributed by atoms with Crippen molar-refractivity contribution in [2.45, 2.75) is 18.9 Å². The highest BCUT2D eigenvalue weighted by Crippen LogP contribution is 2.37. The normalized spacial score (nSPS) is 18.7. The van der Waals surface area contributed by atoms with Crippen LogP contribution in [0.15, 0.2) is 42.7 Å². The Hall–Kier alpha value is -2.23. The van der Waals surface area contributed by atoms with Crippen molar-refractivity contribution in [2.24, 2.45) is 0 Å². The maximum absolute atomic E-state index is 5.91. The van der Waals surface area contributed by atoms with E-state index in [2.05, 4.69) is 16.0 Å². The lowest BCUT2D eigenvalue weighted by atomic mass is 10.1. The molecule has 1 fully saturated rings. The van der Waals surface area contributed by atoms with E-state index in [1.54, 1.807) is 0 Å². The van der Waals surface area contributed by atoms with Crippen LogP contribution in [-0.2, 0) is 0 Å². The second kappa shape index (κ2) is 4.80. The smallest absolute Gasteiger partial charge is 0.0568 e. The predicted octanol–water partition coefficient (Wildman–Crippen LogP) is 2.59. The number of nitrogen functional groups attached to an aromatic ring is 2. The summed E-state index contributed by atoms with van der Waals surface area (Å²) in [6, 6.07) is 10.4. The Kier molecular flexibility index (Phi) is 2.99. The molecule has 2 aromatic rings. The van der Waals surface area contributed by atoms with E-state index in [0.29, 0.717) is 17.4 Å². The molecule has 0 radical (unpaired) electrons. The fourth-order valence-electron chi connectivity index (χ4n) is 2.74. The summed E-state index contributed by atoms with van der Waals surface area (Å²) in [7, 11) is 0. The second-order valence-corrected chi connectivity index (χ2v) is 4.95. The Morgan fingerprint density at radius 2 is 2.05 bits per heavy atom. The Balaban J connectivity index is 1.93. The highest BCUT2D eigenvalue weighted by Gasteiger charge is 2.26. The zero-order valence-corrected chi connectivity index (χ0v) is 10.8.